The average Bonchev–Trinajstić information content (AvgIpc) is 3.83. The van der Waals surface area contributed by atoms with Crippen LogP contribution in [0.5, 0.6) is 17.2 Å². The third-order valence-electron chi connectivity index (χ3n) is 7.46. The van der Waals surface area contributed by atoms with E-state index < -0.39 is 23.7 Å². The van der Waals surface area contributed by atoms with Gasteiger partial charge in [-0.25, -0.2) is 4.39 Å². The first-order valence-corrected chi connectivity index (χ1v) is 14.2. The van der Waals surface area contributed by atoms with Gasteiger partial charge in [-0.05, 0) is 77.7 Å². The number of hydrogen-bond donors (Lipinski definition) is 1. The quantitative estimate of drug-likeness (QED) is 0.275. The van der Waals surface area contributed by atoms with Gasteiger partial charge in [0.2, 0.25) is 24.4 Å². The number of nitrogens with zero attached hydrogens (tertiary/aromatic N) is 5. The van der Waals surface area contributed by atoms with Gasteiger partial charge in [-0.15, -0.1) is 10.2 Å². The SMILES string of the molecule is COc1ccc(-c2nnn(CC(=O)N(Cc3ccc4c(c3)OCO4)[C@H](C(=O)NC[C@H]3CCCO3)c3ccc(F)cc3)n2)cc1. The van der Waals surface area contributed by atoms with Gasteiger partial charge in [0.25, 0.3) is 0 Å². The van der Waals surface area contributed by atoms with Gasteiger partial charge >= 0.3 is 0 Å². The van der Waals surface area contributed by atoms with Crippen LogP contribution in [-0.2, 0) is 27.4 Å². The van der Waals surface area contributed by atoms with Gasteiger partial charge in [0.15, 0.2) is 11.5 Å². The van der Waals surface area contributed by atoms with Gasteiger partial charge in [-0.3, -0.25) is 9.59 Å². The molecule has 2 amide bonds. The maximum absolute atomic E-state index is 14.1. The number of carbonyl (C=O) groups excluding carboxylic acids is 2. The molecule has 0 aliphatic carbocycles. The molecule has 6 rings (SSSR count). The van der Waals surface area contributed by atoms with Crippen molar-refractivity contribution in [3.63, 3.8) is 0 Å². The molecule has 0 radical (unpaired) electrons. The first-order valence-electron chi connectivity index (χ1n) is 14.2. The molecule has 44 heavy (non-hydrogen) atoms. The first-order chi connectivity index (χ1) is 21.5. The molecule has 2 aliphatic heterocycles. The Balaban J connectivity index is 1.30. The maximum atomic E-state index is 14.1. The molecule has 0 bridgehead atoms. The molecule has 12 nitrogen and oxygen atoms in total. The van der Waals surface area contributed by atoms with E-state index in [0.29, 0.717) is 52.9 Å². The van der Waals surface area contributed by atoms with Gasteiger partial charge in [0, 0.05) is 25.3 Å². The Morgan fingerprint density at radius 3 is 2.64 bits per heavy atom. The van der Waals surface area contributed by atoms with Crippen LogP contribution in [0.15, 0.2) is 66.7 Å². The number of hydrogen-bond acceptors (Lipinski definition) is 9. The number of carbonyl (C=O) groups is 2. The molecule has 1 aromatic heterocycles. The number of methoxy groups -OCH3 is 1. The van der Waals surface area contributed by atoms with E-state index in [1.54, 1.807) is 49.6 Å². The lowest BCUT2D eigenvalue weighted by Crippen LogP contribution is -2.46. The number of aromatic nitrogens is 4. The van der Waals surface area contributed by atoms with Crippen LogP contribution in [-0.4, -0.2) is 70.1 Å². The lowest BCUT2D eigenvalue weighted by Gasteiger charge is -2.32. The zero-order valence-corrected chi connectivity index (χ0v) is 24.0. The van der Waals surface area contributed by atoms with Crippen molar-refractivity contribution in [3.05, 3.63) is 83.7 Å². The highest BCUT2D eigenvalue weighted by molar-refractivity contribution is 5.88. The third kappa shape index (κ3) is 6.62. The van der Waals surface area contributed by atoms with Crippen molar-refractivity contribution in [2.75, 3.05) is 27.1 Å². The number of fused-ring (bicyclic) bond motifs is 1. The van der Waals surface area contributed by atoms with E-state index >= 15 is 0 Å². The Morgan fingerprint density at radius 1 is 1.09 bits per heavy atom. The van der Waals surface area contributed by atoms with E-state index in [4.69, 9.17) is 18.9 Å². The molecule has 13 heteroatoms. The topological polar surface area (TPSA) is 130 Å². The summed E-state index contributed by atoms with van der Waals surface area (Å²) in [6, 6.07) is 16.9. The molecule has 1 saturated heterocycles. The Kier molecular flexibility index (Phi) is 8.64. The predicted octanol–water partition coefficient (Wildman–Crippen LogP) is 3.28. The normalized spacial score (nSPS) is 16.0. The number of halogens is 1. The van der Waals surface area contributed by atoms with Crippen LogP contribution in [0.2, 0.25) is 0 Å². The van der Waals surface area contributed by atoms with Crippen molar-refractivity contribution in [1.29, 1.82) is 0 Å². The van der Waals surface area contributed by atoms with Crippen LogP contribution in [0.1, 0.15) is 30.0 Å². The fourth-order valence-electron chi connectivity index (χ4n) is 5.17. The summed E-state index contributed by atoms with van der Waals surface area (Å²) in [6.45, 7) is 0.758. The summed E-state index contributed by atoms with van der Waals surface area (Å²) in [5.74, 6) is 0.799. The molecule has 1 N–H and O–H groups in total. The van der Waals surface area contributed by atoms with Gasteiger partial charge in [0.1, 0.15) is 24.2 Å². The summed E-state index contributed by atoms with van der Waals surface area (Å²) in [5.41, 5.74) is 1.84. The second kappa shape index (κ2) is 13.1. The van der Waals surface area contributed by atoms with Crippen molar-refractivity contribution in [1.82, 2.24) is 30.4 Å². The number of benzene rings is 3. The lowest BCUT2D eigenvalue weighted by atomic mass is 10.0. The zero-order valence-electron chi connectivity index (χ0n) is 24.0. The second-order valence-electron chi connectivity index (χ2n) is 10.4. The predicted molar refractivity (Wildman–Crippen MR) is 154 cm³/mol. The minimum atomic E-state index is -1.10. The number of ether oxygens (including phenoxy) is 4. The molecule has 4 aromatic rings. The van der Waals surface area contributed by atoms with E-state index in [1.807, 2.05) is 0 Å². The molecule has 3 heterocycles. The molecule has 3 aromatic carbocycles. The molecule has 2 atom stereocenters. The summed E-state index contributed by atoms with van der Waals surface area (Å²) < 4.78 is 35.8. The molecule has 2 aliphatic rings. The average molecular weight is 603 g/mol. The molecule has 0 unspecified atom stereocenters. The van der Waals surface area contributed by atoms with Crippen molar-refractivity contribution in [2.45, 2.75) is 38.1 Å². The summed E-state index contributed by atoms with van der Waals surface area (Å²) in [6.07, 6.45) is 1.64. The highest BCUT2D eigenvalue weighted by Crippen LogP contribution is 2.34. The van der Waals surface area contributed by atoms with E-state index in [9.17, 15) is 14.0 Å². The van der Waals surface area contributed by atoms with Crippen molar-refractivity contribution >= 4 is 11.8 Å². The molecule has 0 spiro atoms. The van der Waals surface area contributed by atoms with Gasteiger partial charge in [0.05, 0.1) is 13.2 Å². The Labute approximate surface area is 252 Å². The van der Waals surface area contributed by atoms with Crippen molar-refractivity contribution in [3.8, 4) is 28.6 Å². The van der Waals surface area contributed by atoms with E-state index in [2.05, 4.69) is 20.7 Å². The van der Waals surface area contributed by atoms with Crippen LogP contribution in [0.3, 0.4) is 0 Å². The molecule has 228 valence electrons. The standard InChI is InChI=1S/C31H31FN6O6/c1-41-24-11-7-22(8-12-24)30-34-36-38(35-30)18-28(39)37(17-20-4-13-26-27(15-20)44-19-43-26)29(21-5-9-23(32)10-6-21)31(40)33-16-25-3-2-14-42-25/h4-13,15,25,29H,2-3,14,16-19H2,1H3,(H,33,40)/t25-,29+/m1/s1. The largest absolute Gasteiger partial charge is 0.497 e. The van der Waals surface area contributed by atoms with Crippen LogP contribution in [0, 0.1) is 5.82 Å². The number of nitrogens with one attached hydrogen (secondary N) is 1. The number of amides is 2. The highest BCUT2D eigenvalue weighted by Gasteiger charge is 2.33. The molecular formula is C31H31FN6O6. The Hall–Kier alpha value is -5.04. The van der Waals surface area contributed by atoms with E-state index in [0.717, 1.165) is 12.8 Å². The van der Waals surface area contributed by atoms with Crippen molar-refractivity contribution < 1.29 is 32.9 Å². The minimum absolute atomic E-state index is 0.0326. The fourth-order valence-corrected chi connectivity index (χ4v) is 5.17. The van der Waals surface area contributed by atoms with Crippen LogP contribution < -0.4 is 19.5 Å². The van der Waals surface area contributed by atoms with E-state index in [-0.39, 0.29) is 26.0 Å². The minimum Gasteiger partial charge on any atom is -0.497 e. The third-order valence-corrected chi connectivity index (χ3v) is 7.46. The fraction of sp³-hybridized carbons (Fsp3) is 0.323. The van der Waals surface area contributed by atoms with Gasteiger partial charge < -0.3 is 29.2 Å². The van der Waals surface area contributed by atoms with Crippen molar-refractivity contribution in [2.24, 2.45) is 0 Å². The summed E-state index contributed by atoms with van der Waals surface area (Å²) in [5, 5.41) is 15.5. The van der Waals surface area contributed by atoms with Crippen LogP contribution in [0.25, 0.3) is 11.4 Å². The lowest BCUT2D eigenvalue weighted by molar-refractivity contribution is -0.142. The smallest absolute Gasteiger partial charge is 0.247 e. The zero-order chi connectivity index (χ0) is 30.5. The molecule has 0 saturated carbocycles. The molecular weight excluding hydrogens is 571 g/mol. The molecule has 1 fully saturated rings. The number of rotatable bonds is 11. The van der Waals surface area contributed by atoms with Crippen LogP contribution >= 0.6 is 0 Å². The van der Waals surface area contributed by atoms with Gasteiger partial charge in [-0.1, -0.05) is 18.2 Å². The highest BCUT2D eigenvalue weighted by atomic mass is 19.1. The second-order valence-corrected chi connectivity index (χ2v) is 10.4. The first kappa shape index (κ1) is 29.1. The van der Waals surface area contributed by atoms with E-state index in [1.165, 1.54) is 34.0 Å². The maximum Gasteiger partial charge on any atom is 0.247 e. The monoisotopic (exact) mass is 602 g/mol. The Morgan fingerprint density at radius 2 is 1.89 bits per heavy atom. The van der Waals surface area contributed by atoms with Gasteiger partial charge in [-0.2, -0.15) is 4.80 Å². The summed E-state index contributed by atoms with van der Waals surface area (Å²) >= 11 is 0. The number of tetrazole rings is 1. The summed E-state index contributed by atoms with van der Waals surface area (Å²) in [7, 11) is 1.58. The Bertz CT molecular complexity index is 1610. The van der Waals surface area contributed by atoms with Crippen LogP contribution in [0.4, 0.5) is 4.39 Å². The summed E-state index contributed by atoms with van der Waals surface area (Å²) in [4.78, 5) is 30.5.